The van der Waals surface area contributed by atoms with Crippen LogP contribution < -0.4 is 9.64 Å². The number of halogens is 4. The first-order valence-corrected chi connectivity index (χ1v) is 11.6. The minimum atomic E-state index is -4.77. The summed E-state index contributed by atoms with van der Waals surface area (Å²) in [4.78, 5) is 31.9. The third kappa shape index (κ3) is 4.31. The molecule has 34 heavy (non-hydrogen) atoms. The van der Waals surface area contributed by atoms with Crippen LogP contribution in [0.25, 0.3) is 10.2 Å². The summed E-state index contributed by atoms with van der Waals surface area (Å²) < 4.78 is 60.1. The maximum Gasteiger partial charge on any atom is 0.416 e. The van der Waals surface area contributed by atoms with Gasteiger partial charge < -0.3 is 4.74 Å². The van der Waals surface area contributed by atoms with E-state index in [0.717, 1.165) is 26.1 Å². The number of ether oxygens (including phenoxy) is 1. The molecule has 11 heteroatoms. The zero-order valence-electron chi connectivity index (χ0n) is 17.7. The van der Waals surface area contributed by atoms with Gasteiger partial charge in [-0.3, -0.25) is 19.6 Å². The number of thiophene rings is 1. The van der Waals surface area contributed by atoms with E-state index in [9.17, 15) is 27.2 Å². The molecule has 0 bridgehead atoms. The van der Waals surface area contributed by atoms with Crippen LogP contribution in [-0.4, -0.2) is 40.5 Å². The number of amides is 3. The second-order valence-corrected chi connectivity index (χ2v) is 9.30. The Kier molecular flexibility index (Phi) is 5.67. The summed E-state index contributed by atoms with van der Waals surface area (Å²) >= 11 is 1.57. The number of urea groups is 1. The van der Waals surface area contributed by atoms with E-state index in [1.54, 1.807) is 17.5 Å². The highest BCUT2D eigenvalue weighted by Gasteiger charge is 2.43. The van der Waals surface area contributed by atoms with E-state index >= 15 is 0 Å². The van der Waals surface area contributed by atoms with Gasteiger partial charge in [-0.15, -0.1) is 11.3 Å². The highest BCUT2D eigenvalue weighted by Crippen LogP contribution is 2.35. The predicted octanol–water partition coefficient (Wildman–Crippen LogP) is 5.61. The molecule has 1 aliphatic heterocycles. The lowest BCUT2D eigenvalue weighted by Crippen LogP contribution is -2.44. The lowest BCUT2D eigenvalue weighted by molar-refractivity contribution is -0.137. The topological polar surface area (TPSA) is 62.7 Å². The van der Waals surface area contributed by atoms with Crippen LogP contribution in [0.2, 0.25) is 0 Å². The maximum atomic E-state index is 13.8. The Hall–Kier alpha value is -3.21. The first-order valence-electron chi connectivity index (χ1n) is 10.7. The monoisotopic (exact) mass is 493 g/mol. The van der Waals surface area contributed by atoms with Crippen molar-refractivity contribution in [3.8, 4) is 5.75 Å². The summed E-state index contributed by atoms with van der Waals surface area (Å²) in [5.74, 6) is -0.986. The van der Waals surface area contributed by atoms with Crippen LogP contribution >= 0.6 is 11.3 Å². The van der Waals surface area contributed by atoms with Crippen molar-refractivity contribution < 1.29 is 31.9 Å². The number of carbonyl (C=O) groups excluding carboxylic acids is 2. The van der Waals surface area contributed by atoms with Gasteiger partial charge in [0.25, 0.3) is 5.91 Å². The first-order chi connectivity index (χ1) is 16.2. The molecule has 3 aromatic rings. The number of rotatable bonds is 4. The number of benzene rings is 1. The Morgan fingerprint density at radius 3 is 2.56 bits per heavy atom. The van der Waals surface area contributed by atoms with Gasteiger partial charge in [-0.2, -0.15) is 13.2 Å². The van der Waals surface area contributed by atoms with Crippen LogP contribution in [0, 0.1) is 5.82 Å². The molecule has 5 rings (SSSR count). The molecule has 0 spiro atoms. The van der Waals surface area contributed by atoms with E-state index in [4.69, 9.17) is 4.74 Å². The van der Waals surface area contributed by atoms with Gasteiger partial charge in [-0.1, -0.05) is 0 Å². The van der Waals surface area contributed by atoms with Crippen LogP contribution in [0.5, 0.6) is 5.75 Å². The molecule has 2 aromatic heterocycles. The molecule has 2 fully saturated rings. The molecule has 0 N–H and O–H groups in total. The summed E-state index contributed by atoms with van der Waals surface area (Å²) in [6.07, 6.45) is -1.00. The highest BCUT2D eigenvalue weighted by atomic mass is 32.1. The van der Waals surface area contributed by atoms with E-state index in [-0.39, 0.29) is 11.8 Å². The van der Waals surface area contributed by atoms with Crippen molar-refractivity contribution in [1.29, 1.82) is 0 Å². The summed E-state index contributed by atoms with van der Waals surface area (Å²) in [6, 6.07) is 4.60. The van der Waals surface area contributed by atoms with Crippen LogP contribution in [0.1, 0.15) is 31.2 Å². The number of carbonyl (C=O) groups is 2. The lowest BCUT2D eigenvalue weighted by atomic mass is 9.92. The Morgan fingerprint density at radius 1 is 1.06 bits per heavy atom. The van der Waals surface area contributed by atoms with Gasteiger partial charge in [0.2, 0.25) is 0 Å². The minimum absolute atomic E-state index is 0.100. The third-order valence-corrected chi connectivity index (χ3v) is 6.96. The van der Waals surface area contributed by atoms with E-state index in [0.29, 0.717) is 43.6 Å². The van der Waals surface area contributed by atoms with Crippen LogP contribution in [0.4, 0.5) is 28.0 Å². The molecular formula is C23H19F4N3O3S. The number of anilines is 1. The maximum absolute atomic E-state index is 13.8. The minimum Gasteiger partial charge on any atom is -0.489 e. The number of nitrogens with zero attached hydrogens (tertiary/aromatic N) is 3. The molecule has 0 radical (unpaired) electrons. The van der Waals surface area contributed by atoms with Crippen molar-refractivity contribution in [3.63, 3.8) is 0 Å². The summed E-state index contributed by atoms with van der Waals surface area (Å²) in [6.45, 7) is -0.428. The third-order valence-electron chi connectivity index (χ3n) is 6.11. The fourth-order valence-corrected chi connectivity index (χ4v) is 5.25. The van der Waals surface area contributed by atoms with E-state index in [2.05, 4.69) is 4.98 Å². The van der Waals surface area contributed by atoms with Crippen molar-refractivity contribution in [1.82, 2.24) is 9.88 Å². The predicted molar refractivity (Wildman–Crippen MR) is 117 cm³/mol. The lowest BCUT2D eigenvalue weighted by Gasteiger charge is -2.33. The molecule has 0 atom stereocenters. The number of imide groups is 1. The molecule has 1 aromatic carbocycles. The van der Waals surface area contributed by atoms with Crippen LogP contribution in [-0.2, 0) is 11.0 Å². The van der Waals surface area contributed by atoms with Crippen molar-refractivity contribution in [2.24, 2.45) is 0 Å². The molecule has 3 amide bonds. The molecule has 1 aliphatic carbocycles. The number of pyridine rings is 1. The second-order valence-electron chi connectivity index (χ2n) is 8.35. The number of hydrogen-bond acceptors (Lipinski definition) is 5. The van der Waals surface area contributed by atoms with Gasteiger partial charge in [0.15, 0.2) is 0 Å². The van der Waals surface area contributed by atoms with E-state index in [1.807, 2.05) is 17.5 Å². The van der Waals surface area contributed by atoms with Crippen LogP contribution in [0.3, 0.4) is 0 Å². The Balaban J connectivity index is 1.25. The summed E-state index contributed by atoms with van der Waals surface area (Å²) in [5, 5.41) is 1.95. The smallest absolute Gasteiger partial charge is 0.416 e. The normalized spacial score (nSPS) is 21.5. The van der Waals surface area contributed by atoms with Crippen molar-refractivity contribution in [3.05, 3.63) is 53.3 Å². The first kappa shape index (κ1) is 22.6. The van der Waals surface area contributed by atoms with Crippen molar-refractivity contribution in [2.45, 2.75) is 44.0 Å². The van der Waals surface area contributed by atoms with Gasteiger partial charge >= 0.3 is 12.2 Å². The van der Waals surface area contributed by atoms with Crippen LogP contribution in [0.15, 0.2) is 41.9 Å². The molecule has 2 aliphatic rings. The van der Waals surface area contributed by atoms with Gasteiger partial charge in [0.1, 0.15) is 18.1 Å². The number of fused-ring (bicyclic) bond motifs is 1. The Bertz CT molecular complexity index is 1250. The molecule has 1 saturated heterocycles. The molecule has 6 nitrogen and oxygen atoms in total. The molecule has 178 valence electrons. The van der Waals surface area contributed by atoms with Gasteiger partial charge in [-0.05, 0) is 55.3 Å². The fraction of sp³-hybridized carbons (Fsp3) is 0.348. The summed E-state index contributed by atoms with van der Waals surface area (Å²) in [7, 11) is 0. The van der Waals surface area contributed by atoms with Gasteiger partial charge in [0.05, 0.1) is 28.1 Å². The average Bonchev–Trinajstić information content (AvgIpc) is 3.37. The highest BCUT2D eigenvalue weighted by molar-refractivity contribution is 7.17. The largest absolute Gasteiger partial charge is 0.489 e. The zero-order valence-corrected chi connectivity index (χ0v) is 18.5. The molecule has 1 saturated carbocycles. The number of aromatic nitrogens is 1. The zero-order chi connectivity index (χ0) is 24.0. The van der Waals surface area contributed by atoms with E-state index in [1.165, 1.54) is 0 Å². The molecule has 3 heterocycles. The SMILES string of the molecule is O=C1CN(c2cc(F)cc(C(F)(F)F)c2)C(=O)N1[C@H]1CC[C@H](Oc2cnc3ccsc3c2)CC1. The average molecular weight is 493 g/mol. The van der Waals surface area contributed by atoms with Gasteiger partial charge in [0, 0.05) is 17.8 Å². The summed E-state index contributed by atoms with van der Waals surface area (Å²) in [5.41, 5.74) is -0.604. The van der Waals surface area contributed by atoms with Gasteiger partial charge in [-0.25, -0.2) is 9.18 Å². The second kappa shape index (κ2) is 8.53. The molecular weight excluding hydrogens is 474 g/mol. The fourth-order valence-electron chi connectivity index (χ4n) is 4.48. The standard InChI is InChI=1S/C23H19F4N3O3S/c24-14-7-13(23(25,26)27)8-16(9-14)29-12-21(31)30(22(29)32)15-1-3-17(4-2-15)33-18-10-20-19(28-11-18)5-6-34-20/h5-11,15,17H,1-4,12H2/t15-,17-. The number of alkyl halides is 3. The molecule has 0 unspecified atom stereocenters. The quantitative estimate of drug-likeness (QED) is 0.350. The van der Waals surface area contributed by atoms with Crippen molar-refractivity contribution in [2.75, 3.05) is 11.4 Å². The Morgan fingerprint density at radius 2 is 1.82 bits per heavy atom. The van der Waals surface area contributed by atoms with E-state index < -0.39 is 42.1 Å². The number of hydrogen-bond donors (Lipinski definition) is 0. The van der Waals surface area contributed by atoms with Crippen molar-refractivity contribution >= 4 is 39.2 Å². The Labute approximate surface area is 195 Å².